The van der Waals surface area contributed by atoms with Gasteiger partial charge >= 0.3 is 6.18 Å². The lowest BCUT2D eigenvalue weighted by molar-refractivity contribution is -0.171. The smallest absolute Gasteiger partial charge is 0.326 e. The van der Waals surface area contributed by atoms with E-state index in [0.29, 0.717) is 19.5 Å². The molecule has 1 rings (SSSR count). The van der Waals surface area contributed by atoms with Crippen LogP contribution in [0.5, 0.6) is 0 Å². The lowest BCUT2D eigenvalue weighted by Gasteiger charge is -2.14. The molecule has 0 aliphatic carbocycles. The maximum absolute atomic E-state index is 11.8. The topological polar surface area (TPSA) is 46.3 Å². The first-order valence-corrected chi connectivity index (χ1v) is 3.97. The highest BCUT2D eigenvalue weighted by Crippen LogP contribution is 2.17. The summed E-state index contributed by atoms with van der Waals surface area (Å²) >= 11 is 0. The summed E-state index contributed by atoms with van der Waals surface area (Å²) in [6.45, 7) is 0.294. The third kappa shape index (κ3) is 2.96. The van der Waals surface area contributed by atoms with Gasteiger partial charge in [0.05, 0.1) is 6.54 Å². The largest absolute Gasteiger partial charge is 0.451 e. The molecule has 1 aliphatic rings. The summed E-state index contributed by atoms with van der Waals surface area (Å²) in [5, 5.41) is 0. The van der Waals surface area contributed by atoms with Gasteiger partial charge < -0.3 is 5.73 Å². The molecule has 2 N–H and O–H groups in total. The summed E-state index contributed by atoms with van der Waals surface area (Å²) in [5.41, 5.74) is 5.48. The fourth-order valence-corrected chi connectivity index (χ4v) is 1.30. The first-order valence-electron chi connectivity index (χ1n) is 3.97. The van der Waals surface area contributed by atoms with Crippen LogP contribution in [-0.4, -0.2) is 42.5 Å². The second kappa shape index (κ2) is 3.63. The quantitative estimate of drug-likeness (QED) is 0.683. The Morgan fingerprint density at radius 3 is 2.54 bits per heavy atom. The number of Topliss-reactive ketones (excluding diaryl/α,β-unsaturated/α-hetero) is 1. The first-order chi connectivity index (χ1) is 5.89. The van der Waals surface area contributed by atoms with Crippen molar-refractivity contribution in [2.75, 3.05) is 19.6 Å². The van der Waals surface area contributed by atoms with E-state index in [1.54, 1.807) is 0 Å². The molecule has 1 heterocycles. The molecule has 0 spiro atoms. The number of halogens is 3. The minimum atomic E-state index is -4.72. The average molecular weight is 196 g/mol. The van der Waals surface area contributed by atoms with Crippen molar-refractivity contribution < 1.29 is 18.0 Å². The van der Waals surface area contributed by atoms with Crippen LogP contribution in [0.1, 0.15) is 6.42 Å². The van der Waals surface area contributed by atoms with Crippen LogP contribution in [-0.2, 0) is 4.79 Å². The zero-order chi connectivity index (χ0) is 10.1. The number of hydrogen-bond donors (Lipinski definition) is 1. The van der Waals surface area contributed by atoms with Crippen molar-refractivity contribution in [3.63, 3.8) is 0 Å². The second-order valence-corrected chi connectivity index (χ2v) is 3.20. The molecule has 0 radical (unpaired) electrons. The highest BCUT2D eigenvalue weighted by atomic mass is 19.4. The van der Waals surface area contributed by atoms with Crippen LogP contribution in [0, 0.1) is 0 Å². The summed E-state index contributed by atoms with van der Waals surface area (Å²) in [6, 6.07) is -0.0963. The molecular formula is C7H11F3N2O. The van der Waals surface area contributed by atoms with Crippen LogP contribution in [0.4, 0.5) is 13.2 Å². The Morgan fingerprint density at radius 1 is 1.54 bits per heavy atom. The molecular weight excluding hydrogens is 185 g/mol. The fraction of sp³-hybridized carbons (Fsp3) is 0.857. The molecule has 0 bridgehead atoms. The molecule has 1 unspecified atom stereocenters. The minimum absolute atomic E-state index is 0.0963. The summed E-state index contributed by atoms with van der Waals surface area (Å²) < 4.78 is 35.4. The van der Waals surface area contributed by atoms with E-state index < -0.39 is 18.5 Å². The van der Waals surface area contributed by atoms with Crippen molar-refractivity contribution in [3.8, 4) is 0 Å². The number of likely N-dealkylation sites (tertiary alicyclic amines) is 1. The van der Waals surface area contributed by atoms with E-state index in [9.17, 15) is 18.0 Å². The van der Waals surface area contributed by atoms with Gasteiger partial charge in [0.2, 0.25) is 5.78 Å². The molecule has 0 amide bonds. The number of hydrogen-bond acceptors (Lipinski definition) is 3. The van der Waals surface area contributed by atoms with Crippen molar-refractivity contribution in [2.24, 2.45) is 5.73 Å². The Labute approximate surface area is 73.7 Å². The zero-order valence-electron chi connectivity index (χ0n) is 6.97. The molecule has 76 valence electrons. The minimum Gasteiger partial charge on any atom is -0.326 e. The molecule has 0 saturated carbocycles. The first kappa shape index (κ1) is 10.5. The molecule has 0 aromatic rings. The van der Waals surface area contributed by atoms with Gasteiger partial charge in [0.15, 0.2) is 0 Å². The number of carbonyl (C=O) groups excluding carboxylic acids is 1. The predicted octanol–water partition coefficient (Wildman–Crippen LogP) is 0.151. The third-order valence-electron chi connectivity index (χ3n) is 1.99. The normalized spacial score (nSPS) is 25.1. The maximum Gasteiger partial charge on any atom is 0.451 e. The SMILES string of the molecule is NC1CCN(CC(=O)C(F)(F)F)C1. The van der Waals surface area contributed by atoms with Gasteiger partial charge in [0.25, 0.3) is 0 Å². The van der Waals surface area contributed by atoms with Crippen molar-refractivity contribution in [3.05, 3.63) is 0 Å². The molecule has 1 saturated heterocycles. The predicted molar refractivity (Wildman–Crippen MR) is 40.1 cm³/mol. The molecule has 0 aromatic heterocycles. The van der Waals surface area contributed by atoms with E-state index in [1.165, 1.54) is 4.90 Å². The Bertz CT molecular complexity index is 204. The monoisotopic (exact) mass is 196 g/mol. The van der Waals surface area contributed by atoms with Crippen molar-refractivity contribution in [1.82, 2.24) is 4.90 Å². The van der Waals surface area contributed by atoms with Gasteiger partial charge in [0.1, 0.15) is 0 Å². The van der Waals surface area contributed by atoms with Crippen LogP contribution in [0.15, 0.2) is 0 Å². The number of carbonyl (C=O) groups is 1. The van der Waals surface area contributed by atoms with E-state index in [-0.39, 0.29) is 6.04 Å². The average Bonchev–Trinajstić information content (AvgIpc) is 2.33. The molecule has 1 fully saturated rings. The van der Waals surface area contributed by atoms with Crippen molar-refractivity contribution in [2.45, 2.75) is 18.6 Å². The molecule has 6 heteroatoms. The van der Waals surface area contributed by atoms with Crippen LogP contribution in [0.25, 0.3) is 0 Å². The number of alkyl halides is 3. The fourth-order valence-electron chi connectivity index (χ4n) is 1.30. The van der Waals surface area contributed by atoms with Gasteiger partial charge in [-0.3, -0.25) is 9.69 Å². The summed E-state index contributed by atoms with van der Waals surface area (Å²) in [5.74, 6) is -1.69. The number of rotatable bonds is 2. The molecule has 3 nitrogen and oxygen atoms in total. The van der Waals surface area contributed by atoms with E-state index in [1.807, 2.05) is 0 Å². The van der Waals surface area contributed by atoms with Gasteiger partial charge in [-0.25, -0.2) is 0 Å². The Kier molecular flexibility index (Phi) is 2.92. The van der Waals surface area contributed by atoms with E-state index in [0.717, 1.165) is 0 Å². The molecule has 0 aromatic carbocycles. The summed E-state index contributed by atoms with van der Waals surface area (Å²) in [4.78, 5) is 12.0. The molecule has 13 heavy (non-hydrogen) atoms. The van der Waals surface area contributed by atoms with Crippen molar-refractivity contribution >= 4 is 5.78 Å². The van der Waals surface area contributed by atoms with Crippen LogP contribution in [0.3, 0.4) is 0 Å². The van der Waals surface area contributed by atoms with Gasteiger partial charge in [0, 0.05) is 19.1 Å². The van der Waals surface area contributed by atoms with Crippen LogP contribution in [0.2, 0.25) is 0 Å². The second-order valence-electron chi connectivity index (χ2n) is 3.20. The van der Waals surface area contributed by atoms with Crippen molar-refractivity contribution in [1.29, 1.82) is 0 Å². The van der Waals surface area contributed by atoms with Crippen LogP contribution >= 0.6 is 0 Å². The molecule has 1 aliphatic heterocycles. The Morgan fingerprint density at radius 2 is 2.15 bits per heavy atom. The number of ketones is 1. The standard InChI is InChI=1S/C7H11F3N2O/c8-7(9,10)6(13)4-12-2-1-5(11)3-12/h5H,1-4,11H2. The van der Waals surface area contributed by atoms with Gasteiger partial charge in [-0.1, -0.05) is 0 Å². The third-order valence-corrected chi connectivity index (χ3v) is 1.99. The van der Waals surface area contributed by atoms with E-state index >= 15 is 0 Å². The van der Waals surface area contributed by atoms with E-state index in [2.05, 4.69) is 0 Å². The highest BCUT2D eigenvalue weighted by Gasteiger charge is 2.39. The lowest BCUT2D eigenvalue weighted by Crippen LogP contribution is -2.37. The lowest BCUT2D eigenvalue weighted by atomic mass is 10.3. The molecule has 1 atom stereocenters. The van der Waals surface area contributed by atoms with Crippen LogP contribution < -0.4 is 5.73 Å². The number of nitrogens with two attached hydrogens (primary N) is 1. The zero-order valence-corrected chi connectivity index (χ0v) is 6.97. The summed E-state index contributed by atoms with van der Waals surface area (Å²) in [7, 11) is 0. The summed E-state index contributed by atoms with van der Waals surface area (Å²) in [6.07, 6.45) is -4.06. The maximum atomic E-state index is 11.8. The highest BCUT2D eigenvalue weighted by molar-refractivity contribution is 5.85. The van der Waals surface area contributed by atoms with Gasteiger partial charge in [-0.2, -0.15) is 13.2 Å². The Hall–Kier alpha value is -0.620. The Balaban J connectivity index is 2.37. The van der Waals surface area contributed by atoms with Gasteiger partial charge in [-0.05, 0) is 6.42 Å². The van der Waals surface area contributed by atoms with Gasteiger partial charge in [-0.15, -0.1) is 0 Å². The number of nitrogens with zero attached hydrogens (tertiary/aromatic N) is 1. The van der Waals surface area contributed by atoms with E-state index in [4.69, 9.17) is 5.73 Å².